The number of rotatable bonds is 43. The van der Waals surface area contributed by atoms with Crippen LogP contribution in [-0.2, 0) is 32.7 Å². The van der Waals surface area contributed by atoms with Crippen LogP contribution >= 0.6 is 7.82 Å². The normalized spacial score (nSPS) is 14.2. The van der Waals surface area contributed by atoms with Crippen LogP contribution in [0.2, 0.25) is 0 Å². The molecule has 0 fully saturated rings. The predicted octanol–water partition coefficient (Wildman–Crippen LogP) is 13.7. The molecular formula is C52H90NO8P. The zero-order chi connectivity index (χ0) is 45.7. The Morgan fingerprint density at radius 3 is 1.39 bits per heavy atom. The maximum atomic E-state index is 12.7. The zero-order valence-corrected chi connectivity index (χ0v) is 40.9. The van der Waals surface area contributed by atoms with Crippen LogP contribution in [0.3, 0.4) is 0 Å². The van der Waals surface area contributed by atoms with Gasteiger partial charge in [-0.15, -0.1) is 0 Å². The molecule has 0 aromatic rings. The summed E-state index contributed by atoms with van der Waals surface area (Å²) in [6.45, 7) is 4.04. The summed E-state index contributed by atoms with van der Waals surface area (Å²) in [4.78, 5) is 37.7. The number of allylic oxidation sites excluding steroid dienone is 14. The molecule has 0 aromatic heterocycles. The number of carbonyl (C=O) groups is 2. The lowest BCUT2D eigenvalue weighted by Gasteiger charge is -2.28. The number of phosphoric acid groups is 1. The number of hydrogen-bond acceptors (Lipinski definition) is 8. The summed E-state index contributed by atoms with van der Waals surface area (Å²) in [7, 11) is 1.13. The molecule has 0 amide bonds. The van der Waals surface area contributed by atoms with Crippen LogP contribution in [0.5, 0.6) is 0 Å². The van der Waals surface area contributed by atoms with Gasteiger partial charge in [-0.3, -0.25) is 14.2 Å². The minimum Gasteiger partial charge on any atom is -0.756 e. The Hall–Kier alpha value is -2.81. The first kappa shape index (κ1) is 59.2. The second kappa shape index (κ2) is 43.4. The van der Waals surface area contributed by atoms with Gasteiger partial charge in [0.05, 0.1) is 27.7 Å². The fraction of sp³-hybridized carbons (Fsp3) is 0.692. The maximum absolute atomic E-state index is 12.7. The molecule has 356 valence electrons. The van der Waals surface area contributed by atoms with Crippen LogP contribution in [-0.4, -0.2) is 70.0 Å². The van der Waals surface area contributed by atoms with Crippen molar-refractivity contribution in [2.75, 3.05) is 47.5 Å². The molecule has 0 aliphatic heterocycles. The molecule has 0 spiro atoms. The Morgan fingerprint density at radius 1 is 0.516 bits per heavy atom. The summed E-state index contributed by atoms with van der Waals surface area (Å²) < 4.78 is 34.0. The van der Waals surface area contributed by atoms with Crippen molar-refractivity contribution in [3.8, 4) is 0 Å². The summed E-state index contributed by atoms with van der Waals surface area (Å²) >= 11 is 0. The molecule has 0 saturated carbocycles. The van der Waals surface area contributed by atoms with Crippen molar-refractivity contribution in [2.24, 2.45) is 0 Å². The number of esters is 2. The lowest BCUT2D eigenvalue weighted by atomic mass is 10.1. The number of likely N-dealkylation sites (N-methyl/N-ethyl adjacent to an activating group) is 1. The van der Waals surface area contributed by atoms with Crippen molar-refractivity contribution in [1.29, 1.82) is 0 Å². The van der Waals surface area contributed by atoms with Gasteiger partial charge in [-0.25, -0.2) is 0 Å². The molecule has 0 aliphatic carbocycles. The monoisotopic (exact) mass is 888 g/mol. The van der Waals surface area contributed by atoms with Gasteiger partial charge in [0.2, 0.25) is 0 Å². The molecule has 0 saturated heterocycles. The molecule has 62 heavy (non-hydrogen) atoms. The average Bonchev–Trinajstić information content (AvgIpc) is 3.23. The fourth-order valence-corrected chi connectivity index (χ4v) is 6.85. The van der Waals surface area contributed by atoms with E-state index in [-0.39, 0.29) is 26.1 Å². The largest absolute Gasteiger partial charge is 0.756 e. The Kier molecular flexibility index (Phi) is 41.5. The van der Waals surface area contributed by atoms with Gasteiger partial charge in [0.25, 0.3) is 7.82 Å². The molecule has 1 unspecified atom stereocenters. The van der Waals surface area contributed by atoms with Gasteiger partial charge in [-0.05, 0) is 89.9 Å². The zero-order valence-electron chi connectivity index (χ0n) is 40.0. The van der Waals surface area contributed by atoms with E-state index >= 15 is 0 Å². The standard InChI is InChI=1S/C52H90NO8P/c1-6-8-10-12-14-16-18-20-22-24-26-28-30-32-34-36-38-40-42-44-51(54)58-48-50(49-60-62(56,57)59-47-46-53(3,4)5)61-52(55)45-43-41-39-37-35-33-31-29-27-25-23-21-19-17-15-13-11-9-7-2/h9,11,14-17,20-23,27,29,33,35,50H,6-8,10,12-13,18-19,24-26,28,30-32,34,36-49H2,1-5H3/b11-9-,16-14-,17-15-,22-20-,23-21-,29-27-,35-33-/t50-/m1/s1. The Bertz CT molecular complexity index is 1330. The van der Waals surface area contributed by atoms with Gasteiger partial charge in [0.1, 0.15) is 19.8 Å². The van der Waals surface area contributed by atoms with Crippen LogP contribution in [0.25, 0.3) is 0 Å². The lowest BCUT2D eigenvalue weighted by Crippen LogP contribution is -2.37. The highest BCUT2D eigenvalue weighted by atomic mass is 31.2. The molecule has 0 bridgehead atoms. The second-order valence-corrected chi connectivity index (χ2v) is 18.5. The molecule has 0 aromatic carbocycles. The summed E-state index contributed by atoms with van der Waals surface area (Å²) in [5, 5.41) is 0. The quantitative estimate of drug-likeness (QED) is 0.0196. The molecule has 9 nitrogen and oxygen atoms in total. The summed E-state index contributed by atoms with van der Waals surface area (Å²) in [6, 6.07) is 0. The van der Waals surface area contributed by atoms with Crippen LogP contribution in [0, 0.1) is 0 Å². The van der Waals surface area contributed by atoms with E-state index in [0.29, 0.717) is 17.4 Å². The van der Waals surface area contributed by atoms with Gasteiger partial charge < -0.3 is 27.9 Å². The number of carbonyl (C=O) groups excluding carboxylic acids is 2. The minimum absolute atomic E-state index is 0.0427. The number of phosphoric ester groups is 1. The van der Waals surface area contributed by atoms with Gasteiger partial charge in [-0.1, -0.05) is 163 Å². The first-order chi connectivity index (χ1) is 30.0. The fourth-order valence-electron chi connectivity index (χ4n) is 6.12. The van der Waals surface area contributed by atoms with E-state index in [1.54, 1.807) is 0 Å². The van der Waals surface area contributed by atoms with E-state index in [1.807, 2.05) is 21.1 Å². The molecule has 0 heterocycles. The van der Waals surface area contributed by atoms with Crippen LogP contribution in [0.15, 0.2) is 85.1 Å². The van der Waals surface area contributed by atoms with E-state index in [0.717, 1.165) is 89.9 Å². The first-order valence-electron chi connectivity index (χ1n) is 24.3. The highest BCUT2D eigenvalue weighted by Gasteiger charge is 2.21. The van der Waals surface area contributed by atoms with Crippen molar-refractivity contribution < 1.29 is 42.1 Å². The Morgan fingerprint density at radius 2 is 0.919 bits per heavy atom. The topological polar surface area (TPSA) is 111 Å². The van der Waals surface area contributed by atoms with Crippen LogP contribution < -0.4 is 4.89 Å². The molecule has 0 N–H and O–H groups in total. The highest BCUT2D eigenvalue weighted by molar-refractivity contribution is 7.45. The molecular weight excluding hydrogens is 798 g/mol. The number of hydrogen-bond donors (Lipinski definition) is 0. The smallest absolute Gasteiger partial charge is 0.306 e. The van der Waals surface area contributed by atoms with E-state index < -0.39 is 32.5 Å². The maximum Gasteiger partial charge on any atom is 0.306 e. The first-order valence-corrected chi connectivity index (χ1v) is 25.8. The third-order valence-electron chi connectivity index (χ3n) is 9.90. The summed E-state index contributed by atoms with van der Waals surface area (Å²) in [6.07, 6.45) is 56.1. The molecule has 2 atom stereocenters. The van der Waals surface area contributed by atoms with E-state index in [1.165, 1.54) is 57.8 Å². The van der Waals surface area contributed by atoms with Crippen LogP contribution in [0.1, 0.15) is 181 Å². The Balaban J connectivity index is 4.38. The third kappa shape index (κ3) is 46.7. The average molecular weight is 888 g/mol. The van der Waals surface area contributed by atoms with Crippen LogP contribution in [0.4, 0.5) is 0 Å². The van der Waals surface area contributed by atoms with Gasteiger partial charge in [0, 0.05) is 12.8 Å². The van der Waals surface area contributed by atoms with Gasteiger partial charge >= 0.3 is 11.9 Å². The third-order valence-corrected chi connectivity index (χ3v) is 10.9. The molecule has 0 radical (unpaired) electrons. The van der Waals surface area contributed by atoms with E-state index in [9.17, 15) is 19.0 Å². The van der Waals surface area contributed by atoms with E-state index in [4.69, 9.17) is 18.5 Å². The molecule has 10 heteroatoms. The number of quaternary nitrogens is 1. The molecule has 0 rings (SSSR count). The number of ether oxygens (including phenoxy) is 2. The minimum atomic E-state index is -4.64. The highest BCUT2D eigenvalue weighted by Crippen LogP contribution is 2.38. The second-order valence-electron chi connectivity index (χ2n) is 17.1. The van der Waals surface area contributed by atoms with Gasteiger partial charge in [0.15, 0.2) is 6.10 Å². The summed E-state index contributed by atoms with van der Waals surface area (Å²) in [5.41, 5.74) is 0. The predicted molar refractivity (Wildman–Crippen MR) is 259 cm³/mol. The van der Waals surface area contributed by atoms with Crippen molar-refractivity contribution in [1.82, 2.24) is 0 Å². The lowest BCUT2D eigenvalue weighted by molar-refractivity contribution is -0.870. The Labute approximate surface area is 380 Å². The summed E-state index contributed by atoms with van der Waals surface area (Å²) in [5.74, 6) is -0.882. The van der Waals surface area contributed by atoms with Gasteiger partial charge in [-0.2, -0.15) is 0 Å². The SMILES string of the molecule is CC/C=C\C/C=C\C/C=C\C/C=C\C/C=C\CCCCCC(=O)O[C@H](COC(=O)CCCCCCCCCCC/C=C\C/C=C\CCCCC)COP(=O)([O-])OCC[N+](C)(C)C. The molecule has 0 aliphatic rings. The van der Waals surface area contributed by atoms with Crippen molar-refractivity contribution in [3.63, 3.8) is 0 Å². The van der Waals surface area contributed by atoms with Crippen molar-refractivity contribution >= 4 is 19.8 Å². The van der Waals surface area contributed by atoms with Crippen molar-refractivity contribution in [3.05, 3.63) is 85.1 Å². The van der Waals surface area contributed by atoms with Crippen molar-refractivity contribution in [2.45, 2.75) is 187 Å². The number of nitrogens with zero attached hydrogens (tertiary/aromatic N) is 1. The van der Waals surface area contributed by atoms with E-state index in [2.05, 4.69) is 98.9 Å². The number of unbranched alkanes of at least 4 members (excludes halogenated alkanes) is 15.